The van der Waals surface area contributed by atoms with Crippen LogP contribution in [0.2, 0.25) is 0 Å². The Balaban J connectivity index is 1.70. The van der Waals surface area contributed by atoms with E-state index in [0.29, 0.717) is 0 Å². The second kappa shape index (κ2) is 6.59. The van der Waals surface area contributed by atoms with Gasteiger partial charge >= 0.3 is 0 Å². The van der Waals surface area contributed by atoms with E-state index in [0.717, 1.165) is 50.7 Å². The number of nitrogens with two attached hydrogens (primary N) is 1. The lowest BCUT2D eigenvalue weighted by molar-refractivity contribution is 0.373. The first-order valence-electron chi connectivity index (χ1n) is 6.68. The molecule has 2 heterocycles. The van der Waals surface area contributed by atoms with E-state index in [9.17, 15) is 0 Å². The number of nitrogens with zero attached hydrogens (tertiary/aromatic N) is 3. The molecule has 0 saturated carbocycles. The summed E-state index contributed by atoms with van der Waals surface area (Å²) in [5.74, 6) is 1.55. The molecule has 1 saturated heterocycles. The average molecular weight is 238 g/mol. The molecule has 1 aromatic rings. The third-order valence-electron chi connectivity index (χ3n) is 3.19. The summed E-state index contributed by atoms with van der Waals surface area (Å²) >= 11 is 0. The van der Waals surface area contributed by atoms with Crippen LogP contribution in [0.3, 0.4) is 0 Å². The topological polar surface area (TPSA) is 68.2 Å². The molecule has 1 aliphatic rings. The monoisotopic (exact) mass is 238 g/mol. The highest BCUT2D eigenvalue weighted by atomic mass is 16.5. The van der Waals surface area contributed by atoms with E-state index in [1.165, 1.54) is 25.7 Å². The van der Waals surface area contributed by atoms with Gasteiger partial charge in [0.05, 0.1) is 0 Å². The second-order valence-corrected chi connectivity index (χ2v) is 4.64. The van der Waals surface area contributed by atoms with Crippen molar-refractivity contribution in [2.24, 2.45) is 5.73 Å². The maximum absolute atomic E-state index is 5.45. The molecule has 0 radical (unpaired) electrons. The molecule has 0 aliphatic carbocycles. The standard InChI is InChI=1S/C12H22N4O/c13-8-4-2-1-3-7-11-14-12(15-17-11)16-9-5-6-10-16/h1-10,13H2. The lowest BCUT2D eigenvalue weighted by atomic mass is 10.1. The van der Waals surface area contributed by atoms with Gasteiger partial charge in [-0.2, -0.15) is 4.98 Å². The Morgan fingerprint density at radius 1 is 1.12 bits per heavy atom. The van der Waals surface area contributed by atoms with Crippen LogP contribution in [0.1, 0.15) is 44.4 Å². The van der Waals surface area contributed by atoms with Crippen molar-refractivity contribution < 1.29 is 4.52 Å². The van der Waals surface area contributed by atoms with Crippen LogP contribution in [0.15, 0.2) is 4.52 Å². The maximum Gasteiger partial charge on any atom is 0.266 e. The summed E-state index contributed by atoms with van der Waals surface area (Å²) in [7, 11) is 0. The zero-order valence-electron chi connectivity index (χ0n) is 10.4. The summed E-state index contributed by atoms with van der Waals surface area (Å²) < 4.78 is 5.26. The van der Waals surface area contributed by atoms with Gasteiger partial charge < -0.3 is 15.2 Å². The first kappa shape index (κ1) is 12.4. The summed E-state index contributed by atoms with van der Waals surface area (Å²) in [6.45, 7) is 2.92. The summed E-state index contributed by atoms with van der Waals surface area (Å²) in [4.78, 5) is 6.63. The van der Waals surface area contributed by atoms with Crippen LogP contribution in [-0.4, -0.2) is 29.8 Å². The van der Waals surface area contributed by atoms with Gasteiger partial charge in [-0.3, -0.25) is 0 Å². The normalized spacial score (nSPS) is 15.7. The van der Waals surface area contributed by atoms with Crippen LogP contribution in [0.25, 0.3) is 0 Å². The molecule has 2 rings (SSSR count). The Bertz CT molecular complexity index is 320. The maximum atomic E-state index is 5.45. The highest BCUT2D eigenvalue weighted by molar-refractivity contribution is 5.28. The summed E-state index contributed by atoms with van der Waals surface area (Å²) in [5.41, 5.74) is 5.45. The van der Waals surface area contributed by atoms with Crippen LogP contribution in [0, 0.1) is 0 Å². The molecule has 0 bridgehead atoms. The molecule has 1 aliphatic heterocycles. The van der Waals surface area contributed by atoms with Gasteiger partial charge in [0.1, 0.15) is 0 Å². The van der Waals surface area contributed by atoms with E-state index in [1.54, 1.807) is 0 Å². The zero-order chi connectivity index (χ0) is 11.9. The molecule has 17 heavy (non-hydrogen) atoms. The van der Waals surface area contributed by atoms with Gasteiger partial charge in [-0.15, -0.1) is 0 Å². The SMILES string of the molecule is NCCCCCCc1nc(N2CCCC2)no1. The van der Waals surface area contributed by atoms with Crippen LogP contribution in [-0.2, 0) is 6.42 Å². The van der Waals surface area contributed by atoms with E-state index >= 15 is 0 Å². The number of aryl methyl sites for hydroxylation is 1. The Kier molecular flexibility index (Phi) is 4.79. The summed E-state index contributed by atoms with van der Waals surface area (Å²) in [6.07, 6.45) is 7.99. The number of aromatic nitrogens is 2. The second-order valence-electron chi connectivity index (χ2n) is 4.64. The van der Waals surface area contributed by atoms with Gasteiger partial charge in [0, 0.05) is 19.5 Å². The third kappa shape index (κ3) is 3.70. The van der Waals surface area contributed by atoms with Gasteiger partial charge in [0.2, 0.25) is 5.89 Å². The van der Waals surface area contributed by atoms with Crippen molar-refractivity contribution in [1.29, 1.82) is 0 Å². The van der Waals surface area contributed by atoms with Crippen molar-refractivity contribution >= 4 is 5.95 Å². The van der Waals surface area contributed by atoms with Crippen molar-refractivity contribution in [2.75, 3.05) is 24.5 Å². The van der Waals surface area contributed by atoms with E-state index in [2.05, 4.69) is 15.0 Å². The fraction of sp³-hybridized carbons (Fsp3) is 0.833. The molecule has 1 aromatic heterocycles. The van der Waals surface area contributed by atoms with Crippen molar-refractivity contribution in [3.8, 4) is 0 Å². The van der Waals surface area contributed by atoms with Crippen LogP contribution in [0.5, 0.6) is 0 Å². The smallest absolute Gasteiger partial charge is 0.266 e. The fourth-order valence-electron chi connectivity index (χ4n) is 2.17. The lowest BCUT2D eigenvalue weighted by Crippen LogP contribution is -2.18. The molecular formula is C12H22N4O. The Labute approximate surface area is 102 Å². The van der Waals surface area contributed by atoms with Gasteiger partial charge in [-0.05, 0) is 37.4 Å². The van der Waals surface area contributed by atoms with Crippen LogP contribution < -0.4 is 10.6 Å². The van der Waals surface area contributed by atoms with E-state index in [1.807, 2.05) is 0 Å². The third-order valence-corrected chi connectivity index (χ3v) is 3.19. The number of anilines is 1. The number of unbranched alkanes of at least 4 members (excludes halogenated alkanes) is 3. The van der Waals surface area contributed by atoms with E-state index in [-0.39, 0.29) is 0 Å². The summed E-state index contributed by atoms with van der Waals surface area (Å²) in [6, 6.07) is 0. The molecule has 1 fully saturated rings. The van der Waals surface area contributed by atoms with Gasteiger partial charge in [0.25, 0.3) is 5.95 Å². The van der Waals surface area contributed by atoms with Gasteiger partial charge in [-0.1, -0.05) is 12.8 Å². The Hall–Kier alpha value is -1.10. The first-order valence-corrected chi connectivity index (χ1v) is 6.68. The molecule has 5 nitrogen and oxygen atoms in total. The van der Waals surface area contributed by atoms with Gasteiger partial charge in [-0.25, -0.2) is 0 Å². The largest absolute Gasteiger partial charge is 0.338 e. The zero-order valence-corrected chi connectivity index (χ0v) is 10.4. The molecule has 0 spiro atoms. The average Bonchev–Trinajstić information content (AvgIpc) is 2.99. The highest BCUT2D eigenvalue weighted by Gasteiger charge is 2.17. The Morgan fingerprint density at radius 3 is 2.65 bits per heavy atom. The van der Waals surface area contributed by atoms with Crippen LogP contribution in [0.4, 0.5) is 5.95 Å². The van der Waals surface area contributed by atoms with Crippen molar-refractivity contribution in [3.63, 3.8) is 0 Å². The predicted molar refractivity (Wildman–Crippen MR) is 67.0 cm³/mol. The lowest BCUT2D eigenvalue weighted by Gasteiger charge is -2.09. The van der Waals surface area contributed by atoms with E-state index < -0.39 is 0 Å². The van der Waals surface area contributed by atoms with Crippen molar-refractivity contribution in [2.45, 2.75) is 44.9 Å². The fourth-order valence-corrected chi connectivity index (χ4v) is 2.17. The molecular weight excluding hydrogens is 216 g/mol. The number of rotatable bonds is 7. The molecule has 0 amide bonds. The predicted octanol–water partition coefficient (Wildman–Crippen LogP) is 1.73. The molecule has 96 valence electrons. The highest BCUT2D eigenvalue weighted by Crippen LogP contribution is 2.17. The van der Waals surface area contributed by atoms with Gasteiger partial charge in [0.15, 0.2) is 0 Å². The molecule has 0 aromatic carbocycles. The van der Waals surface area contributed by atoms with Crippen molar-refractivity contribution in [1.82, 2.24) is 10.1 Å². The summed E-state index contributed by atoms with van der Waals surface area (Å²) in [5, 5.41) is 4.03. The minimum atomic E-state index is 0.777. The minimum Gasteiger partial charge on any atom is -0.338 e. The molecule has 5 heteroatoms. The molecule has 0 unspecified atom stereocenters. The Morgan fingerprint density at radius 2 is 1.88 bits per heavy atom. The van der Waals surface area contributed by atoms with Crippen LogP contribution >= 0.6 is 0 Å². The first-order chi connectivity index (χ1) is 8.40. The number of hydrogen-bond acceptors (Lipinski definition) is 5. The molecule has 0 atom stereocenters. The minimum absolute atomic E-state index is 0.777. The molecule has 2 N–H and O–H groups in total. The quantitative estimate of drug-likeness (QED) is 0.733. The number of hydrogen-bond donors (Lipinski definition) is 1. The van der Waals surface area contributed by atoms with Crippen molar-refractivity contribution in [3.05, 3.63) is 5.89 Å². The van der Waals surface area contributed by atoms with E-state index in [4.69, 9.17) is 10.3 Å².